The summed E-state index contributed by atoms with van der Waals surface area (Å²) in [6.45, 7) is 6.49. The van der Waals surface area contributed by atoms with Crippen LogP contribution in [0, 0.1) is 12.3 Å². The van der Waals surface area contributed by atoms with Gasteiger partial charge < -0.3 is 15.8 Å². The summed E-state index contributed by atoms with van der Waals surface area (Å²) in [7, 11) is 1.79. The van der Waals surface area contributed by atoms with Gasteiger partial charge in [0.1, 0.15) is 0 Å². The van der Waals surface area contributed by atoms with Crippen molar-refractivity contribution >= 4 is 22.1 Å². The molecule has 4 heteroatoms. The number of nitrogens with one attached hydrogen (secondary N) is 1. The van der Waals surface area contributed by atoms with Gasteiger partial charge in [0, 0.05) is 52.6 Å². The SMILES string of the molecule is COC1CC(Nc2ccc(N)c3cnc(C)cc23)C1(C)C. The molecule has 0 radical (unpaired) electrons. The predicted molar refractivity (Wildman–Crippen MR) is 87.5 cm³/mol. The molecule has 0 bridgehead atoms. The molecule has 2 unspecified atom stereocenters. The number of aromatic nitrogens is 1. The average molecular weight is 285 g/mol. The zero-order chi connectivity index (χ0) is 15.2. The first-order valence-electron chi connectivity index (χ1n) is 7.37. The van der Waals surface area contributed by atoms with E-state index in [1.54, 1.807) is 7.11 Å². The van der Waals surface area contributed by atoms with Gasteiger partial charge in [0.25, 0.3) is 0 Å². The van der Waals surface area contributed by atoms with Crippen LogP contribution in [0.5, 0.6) is 0 Å². The number of benzene rings is 1. The van der Waals surface area contributed by atoms with Crippen LogP contribution in [-0.4, -0.2) is 24.2 Å². The molecule has 0 amide bonds. The van der Waals surface area contributed by atoms with E-state index in [2.05, 4.69) is 36.3 Å². The largest absolute Gasteiger partial charge is 0.398 e. The lowest BCUT2D eigenvalue weighted by atomic mass is 9.64. The van der Waals surface area contributed by atoms with Crippen molar-refractivity contribution in [1.29, 1.82) is 0 Å². The van der Waals surface area contributed by atoms with Crippen molar-refractivity contribution in [3.63, 3.8) is 0 Å². The Morgan fingerprint density at radius 3 is 2.76 bits per heavy atom. The smallest absolute Gasteiger partial charge is 0.0661 e. The maximum Gasteiger partial charge on any atom is 0.0661 e. The molecule has 1 aromatic heterocycles. The lowest BCUT2D eigenvalue weighted by Crippen LogP contribution is -2.57. The van der Waals surface area contributed by atoms with E-state index in [-0.39, 0.29) is 5.41 Å². The van der Waals surface area contributed by atoms with Crippen molar-refractivity contribution in [1.82, 2.24) is 4.98 Å². The molecule has 1 aliphatic carbocycles. The highest BCUT2D eigenvalue weighted by molar-refractivity contribution is 6.00. The lowest BCUT2D eigenvalue weighted by Gasteiger charge is -2.51. The van der Waals surface area contributed by atoms with Gasteiger partial charge in [-0.05, 0) is 31.5 Å². The quantitative estimate of drug-likeness (QED) is 0.849. The number of nitrogens with two attached hydrogens (primary N) is 1. The predicted octanol–water partition coefficient (Wildman–Crippen LogP) is 3.35. The van der Waals surface area contributed by atoms with Crippen molar-refractivity contribution in [2.75, 3.05) is 18.2 Å². The highest BCUT2D eigenvalue weighted by atomic mass is 16.5. The van der Waals surface area contributed by atoms with Gasteiger partial charge in [0.05, 0.1) is 6.10 Å². The van der Waals surface area contributed by atoms with Crippen LogP contribution in [0.1, 0.15) is 26.0 Å². The van der Waals surface area contributed by atoms with Crippen LogP contribution in [0.3, 0.4) is 0 Å². The Bertz CT molecular complexity index is 681. The standard InChI is InChI=1S/C17H23N3O/c1-10-7-11-12(9-19-10)13(18)5-6-14(11)20-15-8-16(21-4)17(15,2)3/h5-7,9,15-16,20H,8,18H2,1-4H3. The summed E-state index contributed by atoms with van der Waals surface area (Å²) in [6, 6.07) is 6.50. The number of anilines is 2. The fraction of sp³-hybridized carbons (Fsp3) is 0.471. The molecule has 2 atom stereocenters. The van der Waals surface area contributed by atoms with Crippen molar-refractivity contribution in [3.8, 4) is 0 Å². The Morgan fingerprint density at radius 1 is 1.33 bits per heavy atom. The molecule has 0 aliphatic heterocycles. The third-order valence-electron chi connectivity index (χ3n) is 4.86. The zero-order valence-corrected chi connectivity index (χ0v) is 13.1. The van der Waals surface area contributed by atoms with Crippen LogP contribution < -0.4 is 11.1 Å². The average Bonchev–Trinajstić information content (AvgIpc) is 2.45. The first-order valence-corrected chi connectivity index (χ1v) is 7.37. The maximum absolute atomic E-state index is 6.06. The van der Waals surface area contributed by atoms with E-state index in [9.17, 15) is 0 Å². The molecule has 2 aromatic rings. The minimum atomic E-state index is 0.129. The van der Waals surface area contributed by atoms with Crippen LogP contribution >= 0.6 is 0 Å². The maximum atomic E-state index is 6.06. The second kappa shape index (κ2) is 4.88. The summed E-state index contributed by atoms with van der Waals surface area (Å²) in [5, 5.41) is 5.81. The highest BCUT2D eigenvalue weighted by Crippen LogP contribution is 2.44. The summed E-state index contributed by atoms with van der Waals surface area (Å²) in [6.07, 6.45) is 3.20. The molecular formula is C17H23N3O. The number of hydrogen-bond donors (Lipinski definition) is 2. The summed E-state index contributed by atoms with van der Waals surface area (Å²) in [5.41, 5.74) is 9.08. The molecule has 0 saturated heterocycles. The molecule has 3 rings (SSSR count). The minimum Gasteiger partial charge on any atom is -0.398 e. The summed E-state index contributed by atoms with van der Waals surface area (Å²) >= 11 is 0. The van der Waals surface area contributed by atoms with Crippen LogP contribution in [0.15, 0.2) is 24.4 Å². The van der Waals surface area contributed by atoms with E-state index in [1.807, 2.05) is 19.2 Å². The van der Waals surface area contributed by atoms with Gasteiger partial charge in [-0.1, -0.05) is 13.8 Å². The van der Waals surface area contributed by atoms with Crippen LogP contribution in [0.2, 0.25) is 0 Å². The zero-order valence-electron chi connectivity index (χ0n) is 13.1. The van der Waals surface area contributed by atoms with E-state index < -0.39 is 0 Å². The van der Waals surface area contributed by atoms with E-state index >= 15 is 0 Å². The van der Waals surface area contributed by atoms with E-state index in [0.717, 1.165) is 34.3 Å². The minimum absolute atomic E-state index is 0.129. The normalized spacial score (nSPS) is 23.8. The molecule has 1 aliphatic rings. The van der Waals surface area contributed by atoms with Crippen LogP contribution in [0.4, 0.5) is 11.4 Å². The molecular weight excluding hydrogens is 262 g/mol. The van der Waals surface area contributed by atoms with Crippen molar-refractivity contribution in [2.24, 2.45) is 5.41 Å². The number of pyridine rings is 1. The monoisotopic (exact) mass is 285 g/mol. The summed E-state index contributed by atoms with van der Waals surface area (Å²) in [5.74, 6) is 0. The number of ether oxygens (including phenoxy) is 1. The number of nitrogens with zero attached hydrogens (tertiary/aromatic N) is 1. The van der Waals surface area contributed by atoms with Gasteiger partial charge in [-0.2, -0.15) is 0 Å². The summed E-state index contributed by atoms with van der Waals surface area (Å²) < 4.78 is 5.53. The number of fused-ring (bicyclic) bond motifs is 1. The molecule has 21 heavy (non-hydrogen) atoms. The Kier molecular flexibility index (Phi) is 3.29. The number of nitrogen functional groups attached to an aromatic ring is 1. The Labute approximate surface area is 125 Å². The summed E-state index contributed by atoms with van der Waals surface area (Å²) in [4.78, 5) is 4.35. The fourth-order valence-corrected chi connectivity index (χ4v) is 3.21. The topological polar surface area (TPSA) is 60.2 Å². The molecule has 0 spiro atoms. The van der Waals surface area contributed by atoms with E-state index in [1.165, 1.54) is 0 Å². The number of hydrogen-bond acceptors (Lipinski definition) is 4. The van der Waals surface area contributed by atoms with Gasteiger partial charge in [-0.3, -0.25) is 4.98 Å². The second-order valence-corrected chi connectivity index (χ2v) is 6.55. The molecule has 1 saturated carbocycles. The van der Waals surface area contributed by atoms with E-state index in [4.69, 9.17) is 10.5 Å². The first-order chi connectivity index (χ1) is 9.93. The van der Waals surface area contributed by atoms with Crippen LogP contribution in [0.25, 0.3) is 10.8 Å². The molecule has 112 valence electrons. The Balaban J connectivity index is 1.95. The second-order valence-electron chi connectivity index (χ2n) is 6.55. The highest BCUT2D eigenvalue weighted by Gasteiger charge is 2.48. The lowest BCUT2D eigenvalue weighted by molar-refractivity contribution is -0.0794. The van der Waals surface area contributed by atoms with Crippen molar-refractivity contribution in [3.05, 3.63) is 30.1 Å². The van der Waals surface area contributed by atoms with E-state index in [0.29, 0.717) is 12.1 Å². The molecule has 4 nitrogen and oxygen atoms in total. The number of rotatable bonds is 3. The third kappa shape index (κ3) is 2.23. The van der Waals surface area contributed by atoms with Crippen molar-refractivity contribution in [2.45, 2.75) is 39.3 Å². The fourth-order valence-electron chi connectivity index (χ4n) is 3.21. The number of aryl methyl sites for hydroxylation is 1. The van der Waals surface area contributed by atoms with Gasteiger partial charge in [-0.25, -0.2) is 0 Å². The van der Waals surface area contributed by atoms with Gasteiger partial charge in [0.2, 0.25) is 0 Å². The van der Waals surface area contributed by atoms with Gasteiger partial charge in [-0.15, -0.1) is 0 Å². The number of methoxy groups -OCH3 is 1. The van der Waals surface area contributed by atoms with Gasteiger partial charge in [0.15, 0.2) is 0 Å². The molecule has 1 aromatic carbocycles. The third-order valence-corrected chi connectivity index (χ3v) is 4.86. The molecule has 1 fully saturated rings. The first kappa shape index (κ1) is 14.1. The molecule has 1 heterocycles. The van der Waals surface area contributed by atoms with Crippen molar-refractivity contribution < 1.29 is 4.74 Å². The Morgan fingerprint density at radius 2 is 2.10 bits per heavy atom. The van der Waals surface area contributed by atoms with Crippen LogP contribution in [-0.2, 0) is 4.74 Å². The Hall–Kier alpha value is -1.81. The molecule has 3 N–H and O–H groups in total. The van der Waals surface area contributed by atoms with Gasteiger partial charge >= 0.3 is 0 Å².